The normalized spacial score (nSPS) is 18.0. The van der Waals surface area contributed by atoms with Crippen molar-refractivity contribution in [2.75, 3.05) is 13.2 Å². The first-order valence-electron chi connectivity index (χ1n) is 8.37. The zero-order chi connectivity index (χ0) is 17.7. The molecule has 0 aliphatic carbocycles. The molecule has 1 saturated heterocycles. The average Bonchev–Trinajstić information content (AvgIpc) is 3.44. The Hall–Kier alpha value is -1.73. The van der Waals surface area contributed by atoms with Crippen LogP contribution in [0.3, 0.4) is 0 Å². The van der Waals surface area contributed by atoms with E-state index in [-0.39, 0.29) is 17.0 Å². The number of sulfonamides is 1. The molecule has 0 saturated carbocycles. The third kappa shape index (κ3) is 5.37. The first-order chi connectivity index (χ1) is 12.0. The summed E-state index contributed by atoms with van der Waals surface area (Å²) in [5.74, 6) is 0. The Labute approximate surface area is 149 Å². The van der Waals surface area contributed by atoms with Crippen molar-refractivity contribution in [2.24, 2.45) is 0 Å². The van der Waals surface area contributed by atoms with Gasteiger partial charge in [-0.05, 0) is 31.0 Å². The van der Waals surface area contributed by atoms with Crippen LogP contribution in [0.2, 0.25) is 0 Å². The standard InChI is InChI=1S/C19H23NO4S/c1-15-7-9-17(10-8-15)25(21,22)20-18(19-14-24-19)11-12-23-13-16-5-3-2-4-6-16/h2-10,18-20H,11-14H2,1H3/t18-,19+/m1/s1. The minimum Gasteiger partial charge on any atom is -0.377 e. The molecule has 25 heavy (non-hydrogen) atoms. The summed E-state index contributed by atoms with van der Waals surface area (Å²) in [6, 6.07) is 16.4. The maximum Gasteiger partial charge on any atom is 0.240 e. The zero-order valence-corrected chi connectivity index (χ0v) is 15.0. The molecule has 0 bridgehead atoms. The second kappa shape index (κ2) is 8.10. The van der Waals surface area contributed by atoms with Gasteiger partial charge in [0.15, 0.2) is 0 Å². The molecule has 1 aliphatic heterocycles. The number of hydrogen-bond donors (Lipinski definition) is 1. The van der Waals surface area contributed by atoms with Gasteiger partial charge in [-0.2, -0.15) is 0 Å². The Balaban J connectivity index is 1.53. The average molecular weight is 361 g/mol. The van der Waals surface area contributed by atoms with Crippen LogP contribution in [0.25, 0.3) is 0 Å². The highest BCUT2D eigenvalue weighted by atomic mass is 32.2. The molecule has 2 atom stereocenters. The van der Waals surface area contributed by atoms with Crippen LogP contribution in [0.15, 0.2) is 59.5 Å². The van der Waals surface area contributed by atoms with Gasteiger partial charge in [-0.1, -0.05) is 48.0 Å². The minimum atomic E-state index is -3.56. The predicted octanol–water partition coefficient (Wildman–Crippen LogP) is 2.65. The van der Waals surface area contributed by atoms with Crippen LogP contribution in [0, 0.1) is 6.92 Å². The summed E-state index contributed by atoms with van der Waals surface area (Å²) in [5, 5.41) is 0. The van der Waals surface area contributed by atoms with Gasteiger partial charge < -0.3 is 9.47 Å². The lowest BCUT2D eigenvalue weighted by Gasteiger charge is -2.17. The zero-order valence-electron chi connectivity index (χ0n) is 14.2. The van der Waals surface area contributed by atoms with Crippen LogP contribution in [0.1, 0.15) is 17.5 Å². The van der Waals surface area contributed by atoms with Crippen molar-refractivity contribution in [3.8, 4) is 0 Å². The van der Waals surface area contributed by atoms with E-state index in [1.54, 1.807) is 24.3 Å². The van der Waals surface area contributed by atoms with Gasteiger partial charge in [0.05, 0.1) is 30.3 Å². The fourth-order valence-corrected chi connectivity index (χ4v) is 3.87. The molecule has 2 aromatic rings. The van der Waals surface area contributed by atoms with E-state index in [4.69, 9.17) is 9.47 Å². The fraction of sp³-hybridized carbons (Fsp3) is 0.368. The van der Waals surface area contributed by atoms with E-state index in [9.17, 15) is 8.42 Å². The lowest BCUT2D eigenvalue weighted by molar-refractivity contribution is 0.110. The molecule has 1 N–H and O–H groups in total. The largest absolute Gasteiger partial charge is 0.377 e. The van der Waals surface area contributed by atoms with Crippen LogP contribution in [-0.4, -0.2) is 33.8 Å². The van der Waals surface area contributed by atoms with Crippen molar-refractivity contribution in [3.63, 3.8) is 0 Å². The molecule has 1 heterocycles. The molecule has 1 fully saturated rings. The predicted molar refractivity (Wildman–Crippen MR) is 95.7 cm³/mol. The molecule has 3 rings (SSSR count). The maximum atomic E-state index is 12.5. The Bertz CT molecular complexity index is 771. The Morgan fingerprint density at radius 1 is 1.16 bits per heavy atom. The molecule has 134 valence electrons. The van der Waals surface area contributed by atoms with Crippen molar-refractivity contribution < 1.29 is 17.9 Å². The molecule has 2 aromatic carbocycles. The SMILES string of the molecule is Cc1ccc(S(=O)(=O)N[C@H](CCOCc2ccccc2)[C@@H]2CO2)cc1. The highest BCUT2D eigenvalue weighted by Gasteiger charge is 2.35. The number of benzene rings is 2. The highest BCUT2D eigenvalue weighted by Crippen LogP contribution is 2.20. The Morgan fingerprint density at radius 3 is 2.48 bits per heavy atom. The summed E-state index contributed by atoms with van der Waals surface area (Å²) in [7, 11) is -3.56. The topological polar surface area (TPSA) is 67.9 Å². The van der Waals surface area contributed by atoms with E-state index in [0.29, 0.717) is 26.2 Å². The molecule has 1 aliphatic rings. The number of aryl methyl sites for hydroxylation is 1. The minimum absolute atomic E-state index is 0.0689. The van der Waals surface area contributed by atoms with Gasteiger partial charge in [0.1, 0.15) is 0 Å². The van der Waals surface area contributed by atoms with Crippen molar-refractivity contribution in [1.82, 2.24) is 4.72 Å². The van der Waals surface area contributed by atoms with E-state index in [1.807, 2.05) is 37.3 Å². The van der Waals surface area contributed by atoms with Crippen molar-refractivity contribution in [2.45, 2.75) is 37.0 Å². The van der Waals surface area contributed by atoms with Crippen molar-refractivity contribution in [1.29, 1.82) is 0 Å². The number of epoxide rings is 1. The molecule has 6 heteroatoms. The lowest BCUT2D eigenvalue weighted by atomic mass is 10.2. The van der Waals surface area contributed by atoms with Gasteiger partial charge in [0.2, 0.25) is 10.0 Å². The van der Waals surface area contributed by atoms with Crippen LogP contribution in [0.4, 0.5) is 0 Å². The summed E-state index contributed by atoms with van der Waals surface area (Å²) in [4.78, 5) is 0.272. The summed E-state index contributed by atoms with van der Waals surface area (Å²) >= 11 is 0. The molecule has 5 nitrogen and oxygen atoms in total. The second-order valence-corrected chi connectivity index (χ2v) is 7.95. The number of ether oxygens (including phenoxy) is 2. The van der Waals surface area contributed by atoms with Crippen LogP contribution >= 0.6 is 0 Å². The van der Waals surface area contributed by atoms with Gasteiger partial charge in [0, 0.05) is 6.61 Å². The van der Waals surface area contributed by atoms with Gasteiger partial charge in [-0.3, -0.25) is 0 Å². The number of hydrogen-bond acceptors (Lipinski definition) is 4. The lowest BCUT2D eigenvalue weighted by Crippen LogP contribution is -2.39. The Kier molecular flexibility index (Phi) is 5.86. The number of nitrogens with one attached hydrogen (secondary N) is 1. The van der Waals surface area contributed by atoms with Crippen LogP contribution in [-0.2, 0) is 26.1 Å². The van der Waals surface area contributed by atoms with Gasteiger partial charge in [0.25, 0.3) is 0 Å². The second-order valence-electron chi connectivity index (χ2n) is 6.24. The van der Waals surface area contributed by atoms with E-state index in [2.05, 4.69) is 4.72 Å². The molecule has 0 radical (unpaired) electrons. The van der Waals surface area contributed by atoms with Gasteiger partial charge in [-0.25, -0.2) is 13.1 Å². The van der Waals surface area contributed by atoms with Crippen LogP contribution < -0.4 is 4.72 Å². The molecular formula is C19H23NO4S. The van der Waals surface area contributed by atoms with Gasteiger partial charge >= 0.3 is 0 Å². The fourth-order valence-electron chi connectivity index (χ4n) is 2.57. The van der Waals surface area contributed by atoms with E-state index >= 15 is 0 Å². The van der Waals surface area contributed by atoms with Gasteiger partial charge in [-0.15, -0.1) is 0 Å². The van der Waals surface area contributed by atoms with Crippen LogP contribution in [0.5, 0.6) is 0 Å². The third-order valence-electron chi connectivity index (χ3n) is 4.13. The molecule has 0 aromatic heterocycles. The van der Waals surface area contributed by atoms with E-state index in [1.165, 1.54) is 0 Å². The van der Waals surface area contributed by atoms with Crippen molar-refractivity contribution >= 4 is 10.0 Å². The third-order valence-corrected chi connectivity index (χ3v) is 5.64. The van der Waals surface area contributed by atoms with Crippen molar-refractivity contribution in [3.05, 3.63) is 65.7 Å². The van der Waals surface area contributed by atoms with E-state index < -0.39 is 10.0 Å². The molecule has 0 unspecified atom stereocenters. The number of rotatable bonds is 9. The summed E-state index contributed by atoms with van der Waals surface area (Å²) in [6.45, 7) is 3.49. The summed E-state index contributed by atoms with van der Waals surface area (Å²) in [5.41, 5.74) is 2.12. The van der Waals surface area contributed by atoms with E-state index in [0.717, 1.165) is 11.1 Å². The molecule has 0 spiro atoms. The quantitative estimate of drug-likeness (QED) is 0.551. The summed E-state index contributed by atoms with van der Waals surface area (Å²) in [6.07, 6.45) is 0.503. The Morgan fingerprint density at radius 2 is 1.84 bits per heavy atom. The monoisotopic (exact) mass is 361 g/mol. The first kappa shape index (κ1) is 18.1. The first-order valence-corrected chi connectivity index (χ1v) is 9.85. The molecular weight excluding hydrogens is 338 g/mol. The highest BCUT2D eigenvalue weighted by molar-refractivity contribution is 7.89. The molecule has 0 amide bonds. The maximum absolute atomic E-state index is 12.5. The smallest absolute Gasteiger partial charge is 0.240 e. The summed E-state index contributed by atoms with van der Waals surface area (Å²) < 4.78 is 38.8.